The Kier molecular flexibility index (Phi) is 68.3. The maximum absolute atomic E-state index is 11.7. The molecule has 0 fully saturated rings. The number of amides is 5. The zero-order valence-electron chi connectivity index (χ0n) is 35.3. The quantitative estimate of drug-likeness (QED) is 0.00656. The van der Waals surface area contributed by atoms with Crippen molar-refractivity contribution in [2.45, 2.75) is 28.2 Å². The highest BCUT2D eigenvalue weighted by atomic mass is 35.5. The summed E-state index contributed by atoms with van der Waals surface area (Å²) >= 11 is 4.71. The number of primary amides is 3. The third-order valence-electron chi connectivity index (χ3n) is 5.95. The van der Waals surface area contributed by atoms with E-state index in [9.17, 15) is 33.6 Å². The lowest BCUT2D eigenvalue weighted by molar-refractivity contribution is -0.144. The van der Waals surface area contributed by atoms with Crippen molar-refractivity contribution in [1.29, 1.82) is 0 Å². The highest BCUT2D eigenvalue weighted by Gasteiger charge is 2.29. The summed E-state index contributed by atoms with van der Waals surface area (Å²) in [5.74, 6) is -0.580. The molecule has 364 valence electrons. The first-order valence-corrected chi connectivity index (χ1v) is 25.6. The molecule has 0 heterocycles. The number of rotatable bonds is 29. The number of aliphatic carboxylic acids is 1. The topological polar surface area (TPSA) is 414 Å². The molecule has 5 amide bonds. The standard InChI is InChI=1S/C10H19N5O2S2.C7H12N4OS2.C6H9NO3.C4H10N4S2.C3H3ClO.C3H5NO.CH4/c1-7(9(11)16)8(2)10(17)13-3-5-18-19-6-4-14-15-12;1-2-7(12)9-3-5-13-14-6-4-10-11-8;1-3(5(7)8)4(2)6(9)10;5-1-3-9-10-4-2-7-8-6;2*1-2-3(4)5;/h7-8H,3-6H2,1-2H3,(H2,11,16)(H,13,17);2H,1,3-6H2,(H,9,12);3-4H,1H2,2H3,(H2-,7,8,9,10);1-5H2;2H,1H2;2H,1H2,(H2,4,5);1H4/p+1. The Morgan fingerprint density at radius 1 is 0.672 bits per heavy atom. The zero-order chi connectivity index (χ0) is 49.9. The molecule has 0 saturated heterocycles. The van der Waals surface area contributed by atoms with Crippen LogP contribution in [0.15, 0.2) is 53.3 Å². The Labute approximate surface area is 404 Å². The molecule has 0 radical (unpaired) electrons. The SMILES string of the molecule is C.C=CC(=O)Cl.C=CC(=O)NCCSSCCN=[N+]=[N-].C=CC(N)=O.CC(C(N)=O)C(C)C(=O)NCCSSCCN=[N+]=[N-].[CH2+]C(C(N)=O)C(C)C(=O)O.[N-]=[N+]=NCCSSCCN. The van der Waals surface area contributed by atoms with Gasteiger partial charge in [-0.15, -0.1) is 0 Å². The molecule has 0 saturated carbocycles. The molecule has 0 spiro atoms. The van der Waals surface area contributed by atoms with Gasteiger partial charge in [-0.05, 0) is 53.3 Å². The fourth-order valence-corrected chi connectivity index (χ4v) is 7.55. The summed E-state index contributed by atoms with van der Waals surface area (Å²) in [5, 5.41) is 23.5. The van der Waals surface area contributed by atoms with Crippen LogP contribution < -0.4 is 33.6 Å². The van der Waals surface area contributed by atoms with Gasteiger partial charge in [0.25, 0.3) is 5.91 Å². The summed E-state index contributed by atoms with van der Waals surface area (Å²) in [6.45, 7) is 20.9. The van der Waals surface area contributed by atoms with Gasteiger partial charge in [0, 0.05) is 100 Å². The van der Waals surface area contributed by atoms with Crippen molar-refractivity contribution in [3.63, 3.8) is 0 Å². The summed E-state index contributed by atoms with van der Waals surface area (Å²) in [6.07, 6.45) is 3.35. The Hall–Kier alpha value is -4.14. The molecule has 0 aliphatic carbocycles. The maximum atomic E-state index is 11.7. The molecule has 0 aromatic rings. The van der Waals surface area contributed by atoms with E-state index in [0.29, 0.717) is 39.3 Å². The highest BCUT2D eigenvalue weighted by Crippen LogP contribution is 2.21. The average Bonchev–Trinajstić information content (AvgIpc) is 3.26. The van der Waals surface area contributed by atoms with Gasteiger partial charge in [-0.1, -0.05) is 121 Å². The van der Waals surface area contributed by atoms with Crippen LogP contribution in [0.5, 0.6) is 0 Å². The van der Waals surface area contributed by atoms with Gasteiger partial charge in [0.2, 0.25) is 28.9 Å². The van der Waals surface area contributed by atoms with Gasteiger partial charge in [0.05, 0.1) is 6.92 Å². The van der Waals surface area contributed by atoms with Crippen molar-refractivity contribution < 1.29 is 38.7 Å². The second-order valence-corrected chi connectivity index (χ2v) is 19.1. The second kappa shape index (κ2) is 58.9. The summed E-state index contributed by atoms with van der Waals surface area (Å²) in [6, 6.07) is 0. The number of nitrogens with two attached hydrogens (primary N) is 4. The third kappa shape index (κ3) is 66.9. The van der Waals surface area contributed by atoms with E-state index in [1.165, 1.54) is 13.0 Å². The van der Waals surface area contributed by atoms with Crippen LogP contribution in [0.2, 0.25) is 0 Å². The number of carboxylic acids is 1. The van der Waals surface area contributed by atoms with Crippen LogP contribution in [0.25, 0.3) is 31.3 Å². The highest BCUT2D eigenvalue weighted by molar-refractivity contribution is 8.77. The van der Waals surface area contributed by atoms with Crippen molar-refractivity contribution in [2.75, 3.05) is 73.8 Å². The average molecular weight is 1040 g/mol. The number of halogens is 1. The van der Waals surface area contributed by atoms with Crippen LogP contribution in [-0.2, 0) is 33.6 Å². The molecule has 0 bridgehead atoms. The number of carbonyl (C=O) groups is 7. The van der Waals surface area contributed by atoms with Crippen molar-refractivity contribution in [1.82, 2.24) is 10.6 Å². The minimum Gasteiger partial charge on any atom is -0.481 e. The van der Waals surface area contributed by atoms with Crippen molar-refractivity contribution in [2.24, 2.45) is 61.9 Å². The Morgan fingerprint density at radius 2 is 1.03 bits per heavy atom. The molecule has 0 aliphatic rings. The number of nitrogens with one attached hydrogen (secondary N) is 2. The molecule has 64 heavy (non-hydrogen) atoms. The first-order chi connectivity index (χ1) is 29.7. The summed E-state index contributed by atoms with van der Waals surface area (Å²) in [5.41, 5.74) is 43.7. The van der Waals surface area contributed by atoms with E-state index in [4.69, 9.17) is 50.5 Å². The van der Waals surface area contributed by atoms with Crippen LogP contribution >= 0.6 is 76.4 Å². The van der Waals surface area contributed by atoms with Gasteiger partial charge in [-0.3, -0.25) is 33.6 Å². The minimum absolute atomic E-state index is 0. The smallest absolute Gasteiger partial charge is 0.311 e. The molecule has 0 aliphatic heterocycles. The molecular weight excluding hydrogens is 974 g/mol. The zero-order valence-corrected chi connectivity index (χ0v) is 41.0. The Bertz CT molecular complexity index is 1460. The van der Waals surface area contributed by atoms with E-state index < -0.39 is 52.6 Å². The van der Waals surface area contributed by atoms with Gasteiger partial charge >= 0.3 is 5.97 Å². The lowest BCUT2D eigenvalue weighted by Gasteiger charge is -2.16. The number of nitrogens with zero attached hydrogens (tertiary/aromatic N) is 9. The predicted molar refractivity (Wildman–Crippen MR) is 272 cm³/mol. The largest absolute Gasteiger partial charge is 0.481 e. The van der Waals surface area contributed by atoms with Gasteiger partial charge in [0.1, 0.15) is 5.92 Å². The molecular formula is C34H63ClN15O8S6+. The molecule has 0 aromatic carbocycles. The molecule has 11 N–H and O–H groups in total. The molecule has 0 aromatic heterocycles. The van der Waals surface area contributed by atoms with Crippen LogP contribution in [0.1, 0.15) is 28.2 Å². The van der Waals surface area contributed by atoms with Crippen molar-refractivity contribution in [3.8, 4) is 0 Å². The van der Waals surface area contributed by atoms with Crippen LogP contribution in [0.4, 0.5) is 0 Å². The molecule has 30 heteroatoms. The Balaban J connectivity index is -0.000000129. The van der Waals surface area contributed by atoms with Crippen LogP contribution in [0, 0.1) is 30.6 Å². The van der Waals surface area contributed by atoms with Crippen molar-refractivity contribution in [3.05, 3.63) is 76.2 Å². The molecule has 4 unspecified atom stereocenters. The second-order valence-electron chi connectivity index (χ2n) is 10.6. The lowest BCUT2D eigenvalue weighted by Crippen LogP contribution is -2.38. The number of hydrogen-bond donors (Lipinski definition) is 7. The van der Waals surface area contributed by atoms with Crippen LogP contribution in [0.3, 0.4) is 0 Å². The number of allylic oxidation sites excluding steroid dienone is 1. The number of azide groups is 3. The molecule has 4 atom stereocenters. The van der Waals surface area contributed by atoms with E-state index in [-0.39, 0.29) is 19.2 Å². The van der Waals surface area contributed by atoms with Gasteiger partial charge in [0.15, 0.2) is 5.92 Å². The first kappa shape index (κ1) is 74.2. The van der Waals surface area contributed by atoms with E-state index in [2.05, 4.69) is 73.1 Å². The maximum Gasteiger partial charge on any atom is 0.311 e. The van der Waals surface area contributed by atoms with Gasteiger partial charge < -0.3 is 38.7 Å². The van der Waals surface area contributed by atoms with Crippen LogP contribution in [-0.4, -0.2) is 120 Å². The van der Waals surface area contributed by atoms with E-state index >= 15 is 0 Å². The molecule has 23 nitrogen and oxygen atoms in total. The van der Waals surface area contributed by atoms with Crippen molar-refractivity contribution >= 4 is 117 Å². The molecule has 0 rings (SSSR count). The minimum atomic E-state index is -1.06. The van der Waals surface area contributed by atoms with E-state index in [1.807, 2.05) is 0 Å². The summed E-state index contributed by atoms with van der Waals surface area (Å²) in [7, 11) is 9.86. The third-order valence-corrected chi connectivity index (χ3v) is 13.3. The fourth-order valence-electron chi connectivity index (χ4n) is 2.33. The fraction of sp³-hybridized carbons (Fsp3) is 0.588. The number of carboxylic acid groups (broad SMARTS) is 1. The monoisotopic (exact) mass is 1040 g/mol. The number of hydrogen-bond acceptors (Lipinski definition) is 17. The Morgan fingerprint density at radius 3 is 1.30 bits per heavy atom. The predicted octanol–water partition coefficient (Wildman–Crippen LogP) is 6.04. The summed E-state index contributed by atoms with van der Waals surface area (Å²) in [4.78, 5) is 80.7. The van der Waals surface area contributed by atoms with Gasteiger partial charge in [-0.2, -0.15) is 0 Å². The normalized spacial score (nSPS) is 10.7. The number of carbonyl (C=O) groups excluding carboxylic acids is 6. The lowest BCUT2D eigenvalue weighted by atomic mass is 9.95. The first-order valence-electron chi connectivity index (χ1n) is 17.8. The van der Waals surface area contributed by atoms with E-state index in [0.717, 1.165) is 46.7 Å². The van der Waals surface area contributed by atoms with Gasteiger partial charge in [-0.25, -0.2) is 0 Å². The summed E-state index contributed by atoms with van der Waals surface area (Å²) < 4.78 is 0. The van der Waals surface area contributed by atoms with E-state index in [1.54, 1.807) is 78.6 Å².